The number of nitrogens with one attached hydrogen (secondary N) is 1. The molecule has 18 heavy (non-hydrogen) atoms. The van der Waals surface area contributed by atoms with E-state index in [1.54, 1.807) is 36.7 Å². The van der Waals surface area contributed by atoms with Crippen molar-refractivity contribution in [3.8, 4) is 0 Å². The predicted octanol–water partition coefficient (Wildman–Crippen LogP) is 1.87. The Hall–Kier alpha value is -2.21. The lowest BCUT2D eigenvalue weighted by molar-refractivity contribution is 0.261. The molecule has 0 radical (unpaired) electrons. The lowest BCUT2D eigenvalue weighted by atomic mass is 10.1. The first kappa shape index (κ1) is 12.3. The zero-order valence-corrected chi connectivity index (χ0v) is 10.2. The van der Waals surface area contributed by atoms with Gasteiger partial charge in [0.2, 0.25) is 0 Å². The van der Waals surface area contributed by atoms with E-state index in [-0.39, 0.29) is 0 Å². The van der Waals surface area contributed by atoms with Gasteiger partial charge in [0.1, 0.15) is 5.71 Å². The van der Waals surface area contributed by atoms with Gasteiger partial charge < -0.3 is 0 Å². The molecule has 0 aliphatic heterocycles. The number of pyridine rings is 2. The van der Waals surface area contributed by atoms with Gasteiger partial charge in [0.05, 0.1) is 11.4 Å². The van der Waals surface area contributed by atoms with Crippen LogP contribution in [0.1, 0.15) is 11.4 Å². The third-order valence-corrected chi connectivity index (χ3v) is 2.18. The topological polar surface area (TPSA) is 67.2 Å². The molecule has 0 aromatic carbocycles. The number of hydrogen-bond acceptors (Lipinski definition) is 4. The van der Waals surface area contributed by atoms with Crippen LogP contribution in [0, 0.1) is 0 Å². The zero-order valence-electron chi connectivity index (χ0n) is 9.32. The number of amides is 1. The Morgan fingerprint density at radius 1 is 1.06 bits per heavy atom. The van der Waals surface area contributed by atoms with Gasteiger partial charge in [-0.25, -0.2) is 5.43 Å². The molecule has 0 saturated heterocycles. The fourth-order valence-electron chi connectivity index (χ4n) is 1.36. The van der Waals surface area contributed by atoms with Gasteiger partial charge in [0, 0.05) is 12.4 Å². The molecule has 2 heterocycles. The molecule has 2 aromatic heterocycles. The maximum atomic E-state index is 10.8. The SMILES string of the molecule is O=C(S)NN=C(c1ccccn1)c1ccccn1. The molecule has 0 aliphatic rings. The molecule has 0 aliphatic carbocycles. The Morgan fingerprint density at radius 2 is 1.61 bits per heavy atom. The summed E-state index contributed by atoms with van der Waals surface area (Å²) in [5.41, 5.74) is 4.01. The number of carbonyl (C=O) groups excluding carboxylic acids is 1. The standard InChI is InChI=1S/C12H10N4OS/c17-12(18)16-15-11(9-5-1-3-7-13-9)10-6-2-4-8-14-10/h1-8H,(H2,16,17,18). The normalized spacial score (nSPS) is 9.61. The van der Waals surface area contributed by atoms with Crippen molar-refractivity contribution < 1.29 is 4.79 Å². The third kappa shape index (κ3) is 3.14. The summed E-state index contributed by atoms with van der Waals surface area (Å²) in [4.78, 5) is 19.2. The molecule has 0 unspecified atom stereocenters. The van der Waals surface area contributed by atoms with E-state index in [9.17, 15) is 4.79 Å². The van der Waals surface area contributed by atoms with Crippen molar-refractivity contribution in [2.24, 2.45) is 5.10 Å². The van der Waals surface area contributed by atoms with Gasteiger partial charge >= 0.3 is 0 Å². The van der Waals surface area contributed by atoms with E-state index in [4.69, 9.17) is 0 Å². The molecule has 0 fully saturated rings. The third-order valence-electron chi connectivity index (χ3n) is 2.08. The first-order chi connectivity index (χ1) is 8.77. The van der Waals surface area contributed by atoms with Gasteiger partial charge in [-0.2, -0.15) is 5.10 Å². The van der Waals surface area contributed by atoms with Crippen LogP contribution in [0.2, 0.25) is 0 Å². The number of hydrogen-bond donors (Lipinski definition) is 2. The van der Waals surface area contributed by atoms with Gasteiger partial charge in [-0.05, 0) is 24.3 Å². The highest BCUT2D eigenvalue weighted by atomic mass is 32.1. The van der Waals surface area contributed by atoms with Crippen LogP contribution in [0.4, 0.5) is 4.79 Å². The molecule has 6 heteroatoms. The number of thiol groups is 1. The first-order valence-corrected chi connectivity index (χ1v) is 5.61. The van der Waals surface area contributed by atoms with Gasteiger partial charge in [0.15, 0.2) is 0 Å². The Kier molecular flexibility index (Phi) is 4.03. The average Bonchev–Trinajstić information content (AvgIpc) is 2.41. The molecular weight excluding hydrogens is 248 g/mol. The largest absolute Gasteiger partial charge is 0.296 e. The number of hydrazone groups is 1. The minimum absolute atomic E-state index is 0.485. The Labute approximate surface area is 109 Å². The lowest BCUT2D eigenvalue weighted by Crippen LogP contribution is -2.16. The lowest BCUT2D eigenvalue weighted by Gasteiger charge is -2.04. The van der Waals surface area contributed by atoms with E-state index >= 15 is 0 Å². The maximum Gasteiger partial charge on any atom is 0.296 e. The van der Waals surface area contributed by atoms with E-state index in [1.165, 1.54) is 0 Å². The summed E-state index contributed by atoms with van der Waals surface area (Å²) < 4.78 is 0. The Morgan fingerprint density at radius 3 is 2.00 bits per heavy atom. The Bertz CT molecular complexity index is 515. The molecule has 2 rings (SSSR count). The van der Waals surface area contributed by atoms with E-state index in [0.717, 1.165) is 0 Å². The predicted molar refractivity (Wildman–Crippen MR) is 71.6 cm³/mol. The molecular formula is C12H10N4OS. The van der Waals surface area contributed by atoms with Crippen LogP contribution in [-0.4, -0.2) is 20.9 Å². The van der Waals surface area contributed by atoms with Crippen molar-refractivity contribution in [2.45, 2.75) is 0 Å². The van der Waals surface area contributed by atoms with Crippen LogP contribution < -0.4 is 5.43 Å². The van der Waals surface area contributed by atoms with Crippen molar-refractivity contribution in [2.75, 3.05) is 0 Å². The summed E-state index contributed by atoms with van der Waals surface area (Å²) in [7, 11) is 0. The second-order valence-electron chi connectivity index (χ2n) is 3.31. The van der Waals surface area contributed by atoms with E-state index in [0.29, 0.717) is 17.1 Å². The second-order valence-corrected chi connectivity index (χ2v) is 3.71. The van der Waals surface area contributed by atoms with Crippen molar-refractivity contribution in [3.63, 3.8) is 0 Å². The van der Waals surface area contributed by atoms with Crippen molar-refractivity contribution >= 4 is 23.6 Å². The Balaban J connectivity index is 2.42. The molecule has 0 spiro atoms. The molecule has 0 atom stereocenters. The molecule has 1 N–H and O–H groups in total. The van der Waals surface area contributed by atoms with Crippen LogP contribution in [0.5, 0.6) is 0 Å². The summed E-state index contributed by atoms with van der Waals surface area (Å²) >= 11 is 3.60. The highest BCUT2D eigenvalue weighted by Gasteiger charge is 2.09. The van der Waals surface area contributed by atoms with Crippen LogP contribution >= 0.6 is 12.6 Å². The smallest absolute Gasteiger partial charge is 0.260 e. The van der Waals surface area contributed by atoms with Gasteiger partial charge in [-0.15, -0.1) is 0 Å². The van der Waals surface area contributed by atoms with Crippen LogP contribution in [0.15, 0.2) is 53.9 Å². The number of carbonyl (C=O) groups is 1. The fourth-order valence-corrected chi connectivity index (χ4v) is 1.41. The van der Waals surface area contributed by atoms with E-state index < -0.39 is 5.24 Å². The van der Waals surface area contributed by atoms with Gasteiger partial charge in [0.25, 0.3) is 5.24 Å². The van der Waals surface area contributed by atoms with Crippen molar-refractivity contribution in [1.29, 1.82) is 0 Å². The quantitative estimate of drug-likeness (QED) is 0.501. The monoisotopic (exact) mass is 258 g/mol. The van der Waals surface area contributed by atoms with Crippen LogP contribution in [0.3, 0.4) is 0 Å². The molecule has 0 saturated carbocycles. The van der Waals surface area contributed by atoms with Crippen molar-refractivity contribution in [3.05, 3.63) is 60.2 Å². The minimum Gasteiger partial charge on any atom is -0.260 e. The fraction of sp³-hybridized carbons (Fsp3) is 0. The summed E-state index contributed by atoms with van der Waals surface area (Å²) in [6, 6.07) is 10.9. The highest BCUT2D eigenvalue weighted by Crippen LogP contribution is 2.05. The van der Waals surface area contributed by atoms with Crippen LogP contribution in [0.25, 0.3) is 0 Å². The molecule has 1 amide bonds. The second kappa shape index (κ2) is 5.92. The molecule has 0 bridgehead atoms. The van der Waals surface area contributed by atoms with Gasteiger partial charge in [-0.3, -0.25) is 14.8 Å². The number of aromatic nitrogens is 2. The molecule has 5 nitrogen and oxygen atoms in total. The number of rotatable bonds is 3. The summed E-state index contributed by atoms with van der Waals surface area (Å²) in [6.07, 6.45) is 3.30. The van der Waals surface area contributed by atoms with E-state index in [2.05, 4.69) is 33.1 Å². The number of nitrogens with zero attached hydrogens (tertiary/aromatic N) is 3. The summed E-state index contributed by atoms with van der Waals surface area (Å²) in [5, 5.41) is 3.44. The zero-order chi connectivity index (χ0) is 12.8. The first-order valence-electron chi connectivity index (χ1n) is 5.17. The van der Waals surface area contributed by atoms with Crippen molar-refractivity contribution in [1.82, 2.24) is 15.4 Å². The maximum absolute atomic E-state index is 10.8. The minimum atomic E-state index is -0.542. The highest BCUT2D eigenvalue weighted by molar-refractivity contribution is 7.96. The summed E-state index contributed by atoms with van der Waals surface area (Å²) in [5.74, 6) is 0. The van der Waals surface area contributed by atoms with Crippen LogP contribution in [-0.2, 0) is 0 Å². The average molecular weight is 258 g/mol. The van der Waals surface area contributed by atoms with Gasteiger partial charge in [-0.1, -0.05) is 24.8 Å². The molecule has 2 aromatic rings. The van der Waals surface area contributed by atoms with E-state index in [1.807, 2.05) is 12.1 Å². The summed E-state index contributed by atoms with van der Waals surface area (Å²) in [6.45, 7) is 0. The molecule has 90 valence electrons.